The molecule has 0 fully saturated rings. The third kappa shape index (κ3) is 3.20. The van der Waals surface area contributed by atoms with E-state index in [1.165, 1.54) is 17.3 Å². The van der Waals surface area contributed by atoms with E-state index in [1.807, 2.05) is 55.5 Å². The summed E-state index contributed by atoms with van der Waals surface area (Å²) < 4.78 is 0.838. The minimum absolute atomic E-state index is 0.0568. The highest BCUT2D eigenvalue weighted by atomic mass is 79.9. The predicted octanol–water partition coefficient (Wildman–Crippen LogP) is 4.69. The highest BCUT2D eigenvalue weighted by Crippen LogP contribution is 2.26. The number of halogens is 1. The lowest BCUT2D eigenvalue weighted by atomic mass is 10.2. The van der Waals surface area contributed by atoms with Gasteiger partial charge in [0.05, 0.1) is 0 Å². The zero-order chi connectivity index (χ0) is 12.3. The van der Waals surface area contributed by atoms with Gasteiger partial charge in [-0.15, -0.1) is 0 Å². The fourth-order valence-electron chi connectivity index (χ4n) is 1.40. The average molecular weight is 307 g/mol. The molecule has 0 aromatic heterocycles. The summed E-state index contributed by atoms with van der Waals surface area (Å²) in [5, 5.41) is 0.0568. The Balaban J connectivity index is 2.17. The summed E-state index contributed by atoms with van der Waals surface area (Å²) in [6.07, 6.45) is 0. The summed E-state index contributed by atoms with van der Waals surface area (Å²) in [5.74, 6) is 0. The molecule has 86 valence electrons. The molecule has 0 N–H and O–H groups in total. The summed E-state index contributed by atoms with van der Waals surface area (Å²) >= 11 is 4.64. The van der Waals surface area contributed by atoms with Crippen molar-refractivity contribution in [1.82, 2.24) is 0 Å². The molecular formula is C14H11BrOS. The standard InChI is InChI=1S/C14H11BrOS/c1-10-6-8-11(9-7-10)17-14(16)12-4-2-3-5-13(12)15/h2-9H,1H3. The Morgan fingerprint density at radius 2 is 1.71 bits per heavy atom. The molecule has 0 unspecified atom stereocenters. The van der Waals surface area contributed by atoms with E-state index in [0.29, 0.717) is 5.56 Å². The van der Waals surface area contributed by atoms with Crippen molar-refractivity contribution >= 4 is 32.8 Å². The van der Waals surface area contributed by atoms with Crippen molar-refractivity contribution in [3.05, 3.63) is 64.1 Å². The molecule has 0 saturated carbocycles. The molecule has 0 heterocycles. The summed E-state index contributed by atoms with van der Waals surface area (Å²) in [6.45, 7) is 2.03. The third-order valence-electron chi connectivity index (χ3n) is 2.33. The van der Waals surface area contributed by atoms with Gasteiger partial charge in [-0.1, -0.05) is 45.8 Å². The van der Waals surface area contributed by atoms with Gasteiger partial charge in [0.1, 0.15) is 0 Å². The predicted molar refractivity (Wildman–Crippen MR) is 75.5 cm³/mol. The molecule has 0 radical (unpaired) electrons. The Morgan fingerprint density at radius 1 is 1.06 bits per heavy atom. The topological polar surface area (TPSA) is 17.1 Å². The minimum Gasteiger partial charge on any atom is -0.281 e. The van der Waals surface area contributed by atoms with Crippen LogP contribution in [-0.4, -0.2) is 5.12 Å². The van der Waals surface area contributed by atoms with Crippen LogP contribution >= 0.6 is 27.7 Å². The first-order chi connectivity index (χ1) is 8.16. The fraction of sp³-hybridized carbons (Fsp3) is 0.0714. The van der Waals surface area contributed by atoms with Crippen LogP contribution in [0.1, 0.15) is 15.9 Å². The van der Waals surface area contributed by atoms with Gasteiger partial charge in [-0.3, -0.25) is 4.79 Å². The molecule has 0 bridgehead atoms. The van der Waals surface area contributed by atoms with Gasteiger partial charge in [0.25, 0.3) is 0 Å². The van der Waals surface area contributed by atoms with Crippen LogP contribution in [0.2, 0.25) is 0 Å². The smallest absolute Gasteiger partial charge is 0.225 e. The Hall–Kier alpha value is -1.06. The second kappa shape index (κ2) is 5.52. The summed E-state index contributed by atoms with van der Waals surface area (Å²) in [5.41, 5.74) is 1.90. The lowest BCUT2D eigenvalue weighted by Gasteiger charge is -2.03. The van der Waals surface area contributed by atoms with Crippen molar-refractivity contribution in [1.29, 1.82) is 0 Å². The Kier molecular flexibility index (Phi) is 4.02. The maximum atomic E-state index is 12.1. The van der Waals surface area contributed by atoms with E-state index in [0.717, 1.165) is 9.37 Å². The van der Waals surface area contributed by atoms with E-state index in [4.69, 9.17) is 0 Å². The van der Waals surface area contributed by atoms with Crippen molar-refractivity contribution in [2.24, 2.45) is 0 Å². The first-order valence-electron chi connectivity index (χ1n) is 5.20. The van der Waals surface area contributed by atoms with Crippen LogP contribution < -0.4 is 0 Å². The highest BCUT2D eigenvalue weighted by molar-refractivity contribution is 9.10. The van der Waals surface area contributed by atoms with Gasteiger partial charge >= 0.3 is 0 Å². The molecule has 0 spiro atoms. The fourth-order valence-corrected chi connectivity index (χ4v) is 2.77. The van der Waals surface area contributed by atoms with Crippen LogP contribution in [0.4, 0.5) is 0 Å². The highest BCUT2D eigenvalue weighted by Gasteiger charge is 2.10. The molecule has 2 aromatic carbocycles. The van der Waals surface area contributed by atoms with Crippen LogP contribution in [0.5, 0.6) is 0 Å². The molecule has 3 heteroatoms. The molecule has 2 rings (SSSR count). The Morgan fingerprint density at radius 3 is 2.35 bits per heavy atom. The Labute approximate surface area is 113 Å². The SMILES string of the molecule is Cc1ccc(SC(=O)c2ccccc2Br)cc1. The molecule has 0 amide bonds. The first kappa shape index (κ1) is 12.4. The lowest BCUT2D eigenvalue weighted by molar-refractivity contribution is 0.108. The summed E-state index contributed by atoms with van der Waals surface area (Å²) in [6, 6.07) is 15.4. The number of rotatable bonds is 2. The van der Waals surface area contributed by atoms with E-state index >= 15 is 0 Å². The normalized spacial score (nSPS) is 10.2. The number of thioether (sulfide) groups is 1. The minimum atomic E-state index is 0.0568. The number of hydrogen-bond donors (Lipinski definition) is 0. The van der Waals surface area contributed by atoms with Gasteiger partial charge < -0.3 is 0 Å². The molecule has 0 aliphatic rings. The van der Waals surface area contributed by atoms with Crippen molar-refractivity contribution in [2.45, 2.75) is 11.8 Å². The van der Waals surface area contributed by atoms with E-state index < -0.39 is 0 Å². The van der Waals surface area contributed by atoms with Crippen molar-refractivity contribution < 1.29 is 4.79 Å². The molecule has 17 heavy (non-hydrogen) atoms. The molecule has 0 aliphatic carbocycles. The zero-order valence-corrected chi connectivity index (χ0v) is 11.7. The zero-order valence-electron chi connectivity index (χ0n) is 9.31. The molecular weight excluding hydrogens is 296 g/mol. The van der Waals surface area contributed by atoms with E-state index in [2.05, 4.69) is 15.9 Å². The maximum absolute atomic E-state index is 12.1. The number of carbonyl (C=O) groups is 1. The van der Waals surface area contributed by atoms with Gasteiger partial charge in [-0.2, -0.15) is 0 Å². The van der Waals surface area contributed by atoms with E-state index in [-0.39, 0.29) is 5.12 Å². The van der Waals surface area contributed by atoms with Crippen LogP contribution in [0, 0.1) is 6.92 Å². The van der Waals surface area contributed by atoms with Crippen molar-refractivity contribution in [3.8, 4) is 0 Å². The number of benzene rings is 2. The lowest BCUT2D eigenvalue weighted by Crippen LogP contribution is -1.94. The number of carbonyl (C=O) groups excluding carboxylic acids is 1. The van der Waals surface area contributed by atoms with Gasteiger partial charge in [0.2, 0.25) is 5.12 Å². The molecule has 0 aliphatic heterocycles. The van der Waals surface area contributed by atoms with Crippen molar-refractivity contribution in [3.63, 3.8) is 0 Å². The van der Waals surface area contributed by atoms with Crippen molar-refractivity contribution in [2.75, 3.05) is 0 Å². The van der Waals surface area contributed by atoms with E-state index in [9.17, 15) is 4.79 Å². The molecule has 0 atom stereocenters. The second-order valence-electron chi connectivity index (χ2n) is 3.68. The van der Waals surface area contributed by atoms with Gasteiger partial charge in [0.15, 0.2) is 0 Å². The molecule has 2 aromatic rings. The molecule has 1 nitrogen and oxygen atoms in total. The monoisotopic (exact) mass is 306 g/mol. The van der Waals surface area contributed by atoms with Crippen LogP contribution in [0.15, 0.2) is 57.9 Å². The van der Waals surface area contributed by atoms with Crippen LogP contribution in [0.3, 0.4) is 0 Å². The van der Waals surface area contributed by atoms with Crippen LogP contribution in [0.25, 0.3) is 0 Å². The van der Waals surface area contributed by atoms with Gasteiger partial charge in [-0.25, -0.2) is 0 Å². The summed E-state index contributed by atoms with van der Waals surface area (Å²) in [7, 11) is 0. The third-order valence-corrected chi connectivity index (χ3v) is 3.93. The summed E-state index contributed by atoms with van der Waals surface area (Å²) in [4.78, 5) is 13.0. The second-order valence-corrected chi connectivity index (χ2v) is 5.58. The maximum Gasteiger partial charge on any atom is 0.225 e. The van der Waals surface area contributed by atoms with Crippen LogP contribution in [-0.2, 0) is 0 Å². The first-order valence-corrected chi connectivity index (χ1v) is 6.81. The quantitative estimate of drug-likeness (QED) is 0.749. The Bertz CT molecular complexity index is 534. The van der Waals surface area contributed by atoms with Gasteiger partial charge in [-0.05, 0) is 43.0 Å². The largest absolute Gasteiger partial charge is 0.281 e. The van der Waals surface area contributed by atoms with Gasteiger partial charge in [0, 0.05) is 14.9 Å². The number of aryl methyl sites for hydroxylation is 1. The van der Waals surface area contributed by atoms with E-state index in [1.54, 1.807) is 0 Å². The molecule has 0 saturated heterocycles. The average Bonchev–Trinajstić information content (AvgIpc) is 2.32. The number of hydrogen-bond acceptors (Lipinski definition) is 2.